The third-order valence-corrected chi connectivity index (χ3v) is 7.70. The molecule has 1 aliphatic heterocycles. The Morgan fingerprint density at radius 2 is 1.64 bits per heavy atom. The summed E-state index contributed by atoms with van der Waals surface area (Å²) in [4.78, 5) is 17.1. The van der Waals surface area contributed by atoms with Crippen LogP contribution in [0.15, 0.2) is 42.5 Å². The van der Waals surface area contributed by atoms with Gasteiger partial charge >= 0.3 is 6.18 Å². The summed E-state index contributed by atoms with van der Waals surface area (Å²) in [6.07, 6.45) is 0.845. The van der Waals surface area contributed by atoms with E-state index in [4.69, 9.17) is 0 Å². The highest BCUT2D eigenvalue weighted by molar-refractivity contribution is 5.79. The molecule has 196 valence electrons. The van der Waals surface area contributed by atoms with Crippen LogP contribution in [0.1, 0.15) is 49.7 Å². The van der Waals surface area contributed by atoms with Crippen LogP contribution in [-0.4, -0.2) is 43.5 Å². The van der Waals surface area contributed by atoms with Crippen molar-refractivity contribution in [3.05, 3.63) is 59.4 Å². The lowest BCUT2D eigenvalue weighted by Gasteiger charge is -2.36. The van der Waals surface area contributed by atoms with Gasteiger partial charge in [0.1, 0.15) is 5.82 Å². The maximum absolute atomic E-state index is 13.2. The molecule has 0 aromatic heterocycles. The summed E-state index contributed by atoms with van der Waals surface area (Å²) in [5.41, 5.74) is 1.13. The van der Waals surface area contributed by atoms with Crippen LogP contribution in [0, 0.1) is 24.6 Å². The lowest BCUT2D eigenvalue weighted by Crippen LogP contribution is -2.43. The van der Waals surface area contributed by atoms with Crippen molar-refractivity contribution >= 4 is 17.3 Å². The molecule has 4 nitrogen and oxygen atoms in total. The molecule has 36 heavy (non-hydrogen) atoms. The van der Waals surface area contributed by atoms with Gasteiger partial charge in [-0.25, -0.2) is 4.39 Å². The molecule has 2 aromatic carbocycles. The van der Waals surface area contributed by atoms with Crippen molar-refractivity contribution in [3.63, 3.8) is 0 Å². The Balaban J connectivity index is 1.21. The molecule has 2 aromatic rings. The zero-order valence-corrected chi connectivity index (χ0v) is 21.0. The number of aryl methyl sites for hydroxylation is 1. The molecule has 1 saturated carbocycles. The van der Waals surface area contributed by atoms with Gasteiger partial charge in [0.05, 0.1) is 5.56 Å². The van der Waals surface area contributed by atoms with E-state index in [1.165, 1.54) is 31.2 Å². The number of halogens is 4. The SMILES string of the molecule is Cc1ccc(NC2CCC(CN(C)C(=O)C3CCN(c4ccc(F)cc4)CC3)CC2)cc1C(F)(F)F. The van der Waals surface area contributed by atoms with Crippen molar-refractivity contribution in [1.29, 1.82) is 0 Å². The Hall–Kier alpha value is -2.77. The molecule has 1 aliphatic carbocycles. The van der Waals surface area contributed by atoms with E-state index in [1.54, 1.807) is 18.2 Å². The van der Waals surface area contributed by atoms with Crippen LogP contribution in [0.5, 0.6) is 0 Å². The van der Waals surface area contributed by atoms with Gasteiger partial charge in [-0.05, 0) is 93.3 Å². The average Bonchev–Trinajstić information content (AvgIpc) is 2.86. The molecule has 1 amide bonds. The van der Waals surface area contributed by atoms with Gasteiger partial charge in [0, 0.05) is 50.0 Å². The van der Waals surface area contributed by atoms with E-state index in [0.717, 1.165) is 57.3 Å². The van der Waals surface area contributed by atoms with Crippen molar-refractivity contribution in [2.24, 2.45) is 11.8 Å². The molecule has 0 spiro atoms. The minimum Gasteiger partial charge on any atom is -0.382 e. The van der Waals surface area contributed by atoms with Crippen molar-refractivity contribution in [2.45, 2.75) is 57.7 Å². The van der Waals surface area contributed by atoms with Gasteiger partial charge in [0.15, 0.2) is 0 Å². The van der Waals surface area contributed by atoms with Crippen molar-refractivity contribution in [3.8, 4) is 0 Å². The highest BCUT2D eigenvalue weighted by atomic mass is 19.4. The van der Waals surface area contributed by atoms with Crippen molar-refractivity contribution in [2.75, 3.05) is 36.9 Å². The third kappa shape index (κ3) is 6.51. The largest absolute Gasteiger partial charge is 0.416 e. The number of carbonyl (C=O) groups is 1. The predicted molar refractivity (Wildman–Crippen MR) is 135 cm³/mol. The number of nitrogens with one attached hydrogen (secondary N) is 1. The summed E-state index contributed by atoms with van der Waals surface area (Å²) >= 11 is 0. The summed E-state index contributed by atoms with van der Waals surface area (Å²) in [5, 5.41) is 3.28. The first kappa shape index (κ1) is 26.3. The normalized spacial score (nSPS) is 21.3. The molecular formula is C28H35F4N3O. The number of hydrogen-bond acceptors (Lipinski definition) is 3. The number of anilines is 2. The second-order valence-corrected chi connectivity index (χ2v) is 10.3. The molecule has 0 unspecified atom stereocenters. The maximum Gasteiger partial charge on any atom is 0.416 e. The van der Waals surface area contributed by atoms with E-state index in [9.17, 15) is 22.4 Å². The summed E-state index contributed by atoms with van der Waals surface area (Å²) in [6.45, 7) is 3.75. The van der Waals surface area contributed by atoms with Crippen LogP contribution in [0.4, 0.5) is 28.9 Å². The first-order valence-electron chi connectivity index (χ1n) is 12.8. The highest BCUT2D eigenvalue weighted by Crippen LogP contribution is 2.35. The zero-order valence-electron chi connectivity index (χ0n) is 21.0. The van der Waals surface area contributed by atoms with Crippen molar-refractivity contribution < 1.29 is 22.4 Å². The second-order valence-electron chi connectivity index (χ2n) is 10.3. The summed E-state index contributed by atoms with van der Waals surface area (Å²) in [6, 6.07) is 11.1. The Morgan fingerprint density at radius 1 is 1.00 bits per heavy atom. The van der Waals surface area contributed by atoms with E-state index in [2.05, 4.69) is 10.2 Å². The number of carbonyl (C=O) groups excluding carboxylic acids is 1. The molecule has 4 rings (SSSR count). The lowest BCUT2D eigenvalue weighted by atomic mass is 9.85. The Bertz CT molecular complexity index is 1020. The second kappa shape index (κ2) is 11.1. The number of hydrogen-bond donors (Lipinski definition) is 1. The standard InChI is InChI=1S/C28H35F4N3O/c1-19-3-8-24(17-26(19)28(30,31)32)33-23-9-4-20(5-10-23)18-34(2)27(36)21-13-15-35(16-14-21)25-11-6-22(29)7-12-25/h3,6-8,11-12,17,20-21,23,33H,4-5,9-10,13-16,18H2,1-2H3. The highest BCUT2D eigenvalue weighted by Gasteiger charge is 2.33. The van der Waals surface area contributed by atoms with Gasteiger partial charge in [-0.2, -0.15) is 13.2 Å². The molecule has 2 aliphatic rings. The Labute approximate surface area is 210 Å². The number of amides is 1. The molecule has 0 bridgehead atoms. The molecule has 0 radical (unpaired) electrons. The minimum atomic E-state index is -4.35. The van der Waals surface area contributed by atoms with Crippen LogP contribution in [0.2, 0.25) is 0 Å². The van der Waals surface area contributed by atoms with Gasteiger partial charge in [0.2, 0.25) is 5.91 Å². The fourth-order valence-electron chi connectivity index (χ4n) is 5.57. The van der Waals surface area contributed by atoms with Crippen LogP contribution >= 0.6 is 0 Å². The lowest BCUT2D eigenvalue weighted by molar-refractivity contribution is -0.138. The average molecular weight is 506 g/mol. The van der Waals surface area contributed by atoms with E-state index in [1.807, 2.05) is 11.9 Å². The third-order valence-electron chi connectivity index (χ3n) is 7.70. The summed E-state index contributed by atoms with van der Waals surface area (Å²) in [7, 11) is 1.88. The van der Waals surface area contributed by atoms with Crippen LogP contribution < -0.4 is 10.2 Å². The molecule has 0 atom stereocenters. The molecule has 2 fully saturated rings. The predicted octanol–water partition coefficient (Wildman–Crippen LogP) is 6.50. The minimum absolute atomic E-state index is 0.00840. The van der Waals surface area contributed by atoms with Crippen molar-refractivity contribution in [1.82, 2.24) is 4.90 Å². The monoisotopic (exact) mass is 505 g/mol. The Kier molecular flexibility index (Phi) is 8.10. The van der Waals surface area contributed by atoms with E-state index in [-0.39, 0.29) is 29.2 Å². The van der Waals surface area contributed by atoms with E-state index < -0.39 is 11.7 Å². The topological polar surface area (TPSA) is 35.6 Å². The van der Waals surface area contributed by atoms with Gasteiger partial charge in [-0.15, -0.1) is 0 Å². The first-order chi connectivity index (χ1) is 17.1. The van der Waals surface area contributed by atoms with Gasteiger partial charge < -0.3 is 15.1 Å². The maximum atomic E-state index is 13.2. The van der Waals surface area contributed by atoms with Crippen LogP contribution in [0.3, 0.4) is 0 Å². The number of piperidine rings is 1. The molecule has 1 N–H and O–H groups in total. The van der Waals surface area contributed by atoms with Crippen LogP contribution in [0.25, 0.3) is 0 Å². The van der Waals surface area contributed by atoms with E-state index in [0.29, 0.717) is 18.2 Å². The fraction of sp³-hybridized carbons (Fsp3) is 0.536. The van der Waals surface area contributed by atoms with E-state index >= 15 is 0 Å². The van der Waals surface area contributed by atoms with Crippen LogP contribution in [-0.2, 0) is 11.0 Å². The van der Waals surface area contributed by atoms with Gasteiger partial charge in [0.25, 0.3) is 0 Å². The Morgan fingerprint density at radius 3 is 2.25 bits per heavy atom. The summed E-state index contributed by atoms with van der Waals surface area (Å²) in [5.74, 6) is 0.350. The number of nitrogens with zero attached hydrogens (tertiary/aromatic N) is 2. The smallest absolute Gasteiger partial charge is 0.382 e. The zero-order chi connectivity index (χ0) is 25.9. The molecular weight excluding hydrogens is 470 g/mol. The summed E-state index contributed by atoms with van der Waals surface area (Å²) < 4.78 is 52.8. The number of rotatable bonds is 6. The molecule has 1 heterocycles. The number of alkyl halides is 3. The molecule has 8 heteroatoms. The van der Waals surface area contributed by atoms with Gasteiger partial charge in [-0.1, -0.05) is 6.07 Å². The van der Waals surface area contributed by atoms with Gasteiger partial charge in [-0.3, -0.25) is 4.79 Å². The quantitative estimate of drug-likeness (QED) is 0.456. The first-order valence-corrected chi connectivity index (χ1v) is 12.8. The fourth-order valence-corrected chi connectivity index (χ4v) is 5.57. The molecule has 1 saturated heterocycles. The number of benzene rings is 2.